The van der Waals surface area contributed by atoms with Crippen molar-refractivity contribution in [2.45, 2.75) is 76.5 Å². The fourth-order valence-electron chi connectivity index (χ4n) is 7.95. The van der Waals surface area contributed by atoms with Crippen LogP contribution in [-0.4, -0.2) is 81.3 Å². The van der Waals surface area contributed by atoms with Crippen LogP contribution in [0.3, 0.4) is 0 Å². The van der Waals surface area contributed by atoms with Crippen molar-refractivity contribution in [3.8, 4) is 17.9 Å². The van der Waals surface area contributed by atoms with Crippen LogP contribution in [0, 0.1) is 17.7 Å². The quantitative estimate of drug-likeness (QED) is 0.188. The second kappa shape index (κ2) is 14.1. The molecule has 3 aromatic rings. The third-order valence-corrected chi connectivity index (χ3v) is 10.8. The van der Waals surface area contributed by atoms with Gasteiger partial charge in [-0.3, -0.25) is 14.4 Å². The van der Waals surface area contributed by atoms with Crippen LogP contribution in [0.1, 0.15) is 82.8 Å². The minimum atomic E-state index is -4.97. The number of carbonyl (C=O) groups excluding carboxylic acids is 1. The van der Waals surface area contributed by atoms with Gasteiger partial charge in [-0.2, -0.15) is 28.2 Å². The Morgan fingerprint density at radius 2 is 2.02 bits per heavy atom. The molecule has 282 valence electrons. The van der Waals surface area contributed by atoms with Gasteiger partial charge in [0.2, 0.25) is 0 Å². The van der Waals surface area contributed by atoms with Crippen LogP contribution in [0.25, 0.3) is 0 Å². The molecule has 2 aromatic heterocycles. The smallest absolute Gasteiger partial charge is 0.418 e. The Hall–Kier alpha value is -4.46. The van der Waals surface area contributed by atoms with Gasteiger partial charge in [0, 0.05) is 56.8 Å². The molecule has 6 heterocycles. The minimum Gasteiger partial charge on any atom is -0.461 e. The molecule has 2 saturated heterocycles. The first-order valence-electron chi connectivity index (χ1n) is 17.3. The molecule has 2 N–H and O–H groups in total. The number of alkyl halides is 3. The van der Waals surface area contributed by atoms with Gasteiger partial charge in [-0.15, -0.1) is 5.92 Å². The summed E-state index contributed by atoms with van der Waals surface area (Å²) in [6.45, 7) is 3.66. The first kappa shape index (κ1) is 36.9. The van der Waals surface area contributed by atoms with Crippen LogP contribution in [0.4, 0.5) is 33.5 Å². The molecule has 17 heteroatoms. The van der Waals surface area contributed by atoms with Crippen LogP contribution in [0.15, 0.2) is 18.0 Å². The standard InChI is InChI=1S/C36H38ClF5N8O3/c1-4-7-21-12-23(43)30(39)27(28(21)36(40,41)42)26-13-24-22(18-52-26)32(45-34(44-24)53-19-35-8-5-10-49(35)16-20(14-35)15-38)48-9-6-11-50-25(17-48)29(37)31(46-50)33(51)47(2)3/h12,15,26H,5-6,8-11,13-14,16-19,43H2,1-3H3/b20-15-/t26-,35-/m0/s1. The van der Waals surface area contributed by atoms with Crippen LogP contribution in [0.2, 0.25) is 5.02 Å². The number of amides is 1. The minimum absolute atomic E-state index is 0.0349. The summed E-state index contributed by atoms with van der Waals surface area (Å²) in [5, 5.41) is 4.69. The van der Waals surface area contributed by atoms with Crippen molar-refractivity contribution in [1.82, 2.24) is 29.5 Å². The number of aromatic nitrogens is 4. The highest BCUT2D eigenvalue weighted by atomic mass is 35.5. The van der Waals surface area contributed by atoms with Crippen molar-refractivity contribution in [3.05, 3.63) is 68.1 Å². The number of ether oxygens (including phenoxy) is 2. The molecule has 1 aromatic carbocycles. The molecule has 0 unspecified atom stereocenters. The summed E-state index contributed by atoms with van der Waals surface area (Å²) in [6, 6.07) is 0.846. The van der Waals surface area contributed by atoms with Gasteiger partial charge >= 0.3 is 12.2 Å². The number of anilines is 2. The average molecular weight is 761 g/mol. The topological polar surface area (TPSA) is 115 Å². The number of aryl methyl sites for hydroxylation is 1. The Labute approximate surface area is 307 Å². The van der Waals surface area contributed by atoms with E-state index >= 15 is 4.39 Å². The highest BCUT2D eigenvalue weighted by molar-refractivity contribution is 6.34. The number of hydrogen-bond acceptors (Lipinski definition) is 9. The molecule has 4 aliphatic rings. The predicted octanol–water partition coefficient (Wildman–Crippen LogP) is 5.83. The van der Waals surface area contributed by atoms with Gasteiger partial charge in [0.15, 0.2) is 11.5 Å². The van der Waals surface area contributed by atoms with E-state index in [1.165, 1.54) is 11.8 Å². The van der Waals surface area contributed by atoms with Crippen LogP contribution < -0.4 is 15.4 Å². The van der Waals surface area contributed by atoms with Gasteiger partial charge in [0.25, 0.3) is 5.91 Å². The maximum Gasteiger partial charge on any atom is 0.418 e. The molecular weight excluding hydrogens is 723 g/mol. The van der Waals surface area contributed by atoms with Crippen molar-refractivity contribution >= 4 is 29.0 Å². The van der Waals surface area contributed by atoms with E-state index < -0.39 is 46.0 Å². The number of carbonyl (C=O) groups is 1. The van der Waals surface area contributed by atoms with Gasteiger partial charge in [0.1, 0.15) is 12.4 Å². The zero-order valence-corrected chi connectivity index (χ0v) is 30.2. The lowest BCUT2D eigenvalue weighted by Crippen LogP contribution is -2.43. The van der Waals surface area contributed by atoms with E-state index in [1.807, 2.05) is 4.90 Å². The van der Waals surface area contributed by atoms with Crippen molar-refractivity contribution in [2.24, 2.45) is 0 Å². The molecule has 1 amide bonds. The Bertz CT molecular complexity index is 2060. The highest BCUT2D eigenvalue weighted by Gasteiger charge is 2.48. The van der Waals surface area contributed by atoms with Crippen molar-refractivity contribution in [1.29, 1.82) is 0 Å². The van der Waals surface area contributed by atoms with Crippen molar-refractivity contribution in [3.63, 3.8) is 0 Å². The molecule has 2 fully saturated rings. The average Bonchev–Trinajstić information content (AvgIpc) is 3.71. The van der Waals surface area contributed by atoms with E-state index in [0.717, 1.165) is 25.5 Å². The molecule has 11 nitrogen and oxygen atoms in total. The van der Waals surface area contributed by atoms with Gasteiger partial charge in [-0.25, -0.2) is 8.78 Å². The second-order valence-corrected chi connectivity index (χ2v) is 14.4. The predicted molar refractivity (Wildman–Crippen MR) is 185 cm³/mol. The summed E-state index contributed by atoms with van der Waals surface area (Å²) < 4.78 is 87.2. The summed E-state index contributed by atoms with van der Waals surface area (Å²) in [5.41, 5.74) is 4.64. The lowest BCUT2D eigenvalue weighted by atomic mass is 9.91. The molecule has 0 aliphatic carbocycles. The van der Waals surface area contributed by atoms with E-state index in [0.29, 0.717) is 67.1 Å². The molecule has 53 heavy (non-hydrogen) atoms. The Morgan fingerprint density at radius 1 is 1.23 bits per heavy atom. The SMILES string of the molecule is CC#Cc1cc(N)c(F)c([C@@H]2Cc3nc(OC[C@@]45CCCN4C/C(=C\F)C5)nc(N4CCCn5nc(C(=O)N(C)C)c(Cl)c5C4)c3CO2)c1C(F)(F)F. The van der Waals surface area contributed by atoms with E-state index in [9.17, 15) is 22.4 Å². The maximum absolute atomic E-state index is 15.7. The van der Waals surface area contributed by atoms with Crippen LogP contribution >= 0.6 is 11.6 Å². The number of nitrogens with zero attached hydrogens (tertiary/aromatic N) is 7. The zero-order valence-electron chi connectivity index (χ0n) is 29.4. The molecule has 0 radical (unpaired) electrons. The largest absolute Gasteiger partial charge is 0.461 e. The Balaban J connectivity index is 1.30. The third-order valence-electron chi connectivity index (χ3n) is 10.4. The van der Waals surface area contributed by atoms with Crippen LogP contribution in [0.5, 0.6) is 6.01 Å². The number of rotatable bonds is 6. The monoisotopic (exact) mass is 760 g/mol. The van der Waals surface area contributed by atoms with E-state index in [4.69, 9.17) is 31.8 Å². The summed E-state index contributed by atoms with van der Waals surface area (Å²) in [7, 11) is 3.21. The molecule has 0 saturated carbocycles. The summed E-state index contributed by atoms with van der Waals surface area (Å²) in [6.07, 6.45) is -3.26. The van der Waals surface area contributed by atoms with Crippen molar-refractivity contribution in [2.75, 3.05) is 51.0 Å². The number of nitrogen functional groups attached to an aromatic ring is 1. The fourth-order valence-corrected chi connectivity index (χ4v) is 8.22. The summed E-state index contributed by atoms with van der Waals surface area (Å²) in [5.74, 6) is 3.67. The van der Waals surface area contributed by atoms with E-state index in [2.05, 4.69) is 26.8 Å². The third kappa shape index (κ3) is 6.67. The number of halogens is 6. The van der Waals surface area contributed by atoms with Crippen LogP contribution in [-0.2, 0) is 37.0 Å². The first-order valence-corrected chi connectivity index (χ1v) is 17.6. The van der Waals surface area contributed by atoms with Gasteiger partial charge in [0.05, 0.1) is 58.8 Å². The molecule has 4 aliphatic heterocycles. The van der Waals surface area contributed by atoms with Crippen molar-refractivity contribution < 1.29 is 36.2 Å². The number of fused-ring (bicyclic) bond motifs is 3. The number of hydrogen-bond donors (Lipinski definition) is 1. The number of benzene rings is 1. The molecule has 0 spiro atoms. The van der Waals surface area contributed by atoms with Gasteiger partial charge in [-0.05, 0) is 50.8 Å². The van der Waals surface area contributed by atoms with Gasteiger partial charge in [-0.1, -0.05) is 17.5 Å². The molecule has 0 bridgehead atoms. The fraction of sp³-hybridized carbons (Fsp3) is 0.500. The Morgan fingerprint density at radius 3 is 2.74 bits per heavy atom. The zero-order chi connectivity index (χ0) is 37.8. The van der Waals surface area contributed by atoms with E-state index in [-0.39, 0.29) is 48.8 Å². The van der Waals surface area contributed by atoms with Gasteiger partial charge < -0.3 is 25.0 Å². The Kier molecular flexibility index (Phi) is 9.79. The maximum atomic E-state index is 15.7. The lowest BCUT2D eigenvalue weighted by Gasteiger charge is -2.33. The number of nitrogens with two attached hydrogens (primary N) is 1. The lowest BCUT2D eigenvalue weighted by molar-refractivity contribution is -0.140. The normalized spacial score (nSPS) is 22.2. The molecule has 2 atom stereocenters. The van der Waals surface area contributed by atoms with E-state index in [1.54, 1.807) is 18.8 Å². The summed E-state index contributed by atoms with van der Waals surface area (Å²) >= 11 is 6.76. The highest BCUT2D eigenvalue weighted by Crippen LogP contribution is 2.46. The molecular formula is C36H38ClF5N8O3. The molecule has 7 rings (SSSR count). The summed E-state index contributed by atoms with van der Waals surface area (Å²) in [4.78, 5) is 27.9. The second-order valence-electron chi connectivity index (χ2n) is 14.0. The first-order chi connectivity index (χ1) is 25.2.